The molecule has 0 unspecified atom stereocenters. The van der Waals surface area contributed by atoms with Crippen LogP contribution in [0.3, 0.4) is 0 Å². The van der Waals surface area contributed by atoms with Gasteiger partial charge in [-0.1, -0.05) is 0 Å². The van der Waals surface area contributed by atoms with Crippen molar-refractivity contribution in [3.8, 4) is 0 Å². The normalized spacial score (nSPS) is 17.1. The molecule has 0 bridgehead atoms. The molecule has 1 aromatic carbocycles. The number of piperidine rings is 1. The van der Waals surface area contributed by atoms with E-state index in [-0.39, 0.29) is 40.3 Å². The average molecular weight is 519 g/mol. The van der Waals surface area contributed by atoms with Crippen LogP contribution in [0.15, 0.2) is 34.2 Å². The third kappa shape index (κ3) is 4.54. The summed E-state index contributed by atoms with van der Waals surface area (Å²) in [4.78, 5) is 37.8. The van der Waals surface area contributed by atoms with Gasteiger partial charge in [0.25, 0.3) is 0 Å². The number of sulfone groups is 1. The van der Waals surface area contributed by atoms with E-state index in [2.05, 4.69) is 20.3 Å². The van der Waals surface area contributed by atoms with Gasteiger partial charge in [-0.3, -0.25) is 4.57 Å². The molecule has 0 spiro atoms. The van der Waals surface area contributed by atoms with Crippen molar-refractivity contribution in [1.29, 1.82) is 0 Å². The second-order valence-electron chi connectivity index (χ2n) is 9.38. The van der Waals surface area contributed by atoms with E-state index in [9.17, 15) is 22.4 Å². The molecule has 1 saturated carbocycles. The number of benzene rings is 1. The minimum Gasteiger partial charge on any atom is -0.447 e. The highest BCUT2D eigenvalue weighted by molar-refractivity contribution is 7.92. The van der Waals surface area contributed by atoms with E-state index in [0.717, 1.165) is 6.07 Å². The van der Waals surface area contributed by atoms with Crippen molar-refractivity contribution >= 4 is 38.6 Å². The molecule has 0 radical (unpaired) electrons. The Morgan fingerprint density at radius 3 is 2.56 bits per heavy atom. The standard InChI is InChI=1S/C23H27FN6O5S/c1-13(2)35-23(32)29-9-7-14(8-10-29)30-21-19(28-22(30)31)20(25-12-26-21)27-18-6-5-16(11-17(18)24)36(33,34)15-3-4-15/h5-6,11-15H,3-4,7-10H2,1-2H3,(H,28,31)(H,25,26,27). The fraction of sp³-hybridized carbons (Fsp3) is 0.478. The van der Waals surface area contributed by atoms with Crippen LogP contribution in [0.5, 0.6) is 0 Å². The Morgan fingerprint density at radius 1 is 1.19 bits per heavy atom. The minimum atomic E-state index is -3.52. The highest BCUT2D eigenvalue weighted by atomic mass is 32.2. The van der Waals surface area contributed by atoms with E-state index in [1.54, 1.807) is 18.7 Å². The molecule has 13 heteroatoms. The van der Waals surface area contributed by atoms with Gasteiger partial charge in [0.15, 0.2) is 21.3 Å². The lowest BCUT2D eigenvalue weighted by Gasteiger charge is -2.32. The lowest BCUT2D eigenvalue weighted by atomic mass is 10.1. The van der Waals surface area contributed by atoms with Crippen molar-refractivity contribution in [2.24, 2.45) is 0 Å². The molecule has 36 heavy (non-hydrogen) atoms. The first-order chi connectivity index (χ1) is 17.1. The summed E-state index contributed by atoms with van der Waals surface area (Å²) >= 11 is 0. The lowest BCUT2D eigenvalue weighted by Crippen LogP contribution is -2.41. The molecule has 2 N–H and O–H groups in total. The van der Waals surface area contributed by atoms with Gasteiger partial charge in [0.2, 0.25) is 0 Å². The van der Waals surface area contributed by atoms with Crippen LogP contribution in [0.2, 0.25) is 0 Å². The smallest absolute Gasteiger partial charge is 0.410 e. The largest absolute Gasteiger partial charge is 0.447 e. The summed E-state index contributed by atoms with van der Waals surface area (Å²) in [6, 6.07) is 3.52. The third-order valence-electron chi connectivity index (χ3n) is 6.42. The SMILES string of the molecule is CC(C)OC(=O)N1CCC(n2c(=O)[nH]c3c(Nc4ccc(S(=O)(=O)C5CC5)cc4F)ncnc32)CC1. The Bertz CT molecular complexity index is 1470. The third-order valence-corrected chi connectivity index (χ3v) is 8.68. The van der Waals surface area contributed by atoms with Gasteiger partial charge in [-0.15, -0.1) is 0 Å². The predicted octanol–water partition coefficient (Wildman–Crippen LogP) is 3.12. The van der Waals surface area contributed by atoms with E-state index in [1.807, 2.05) is 0 Å². The van der Waals surface area contributed by atoms with E-state index in [4.69, 9.17) is 4.74 Å². The summed E-state index contributed by atoms with van der Waals surface area (Å²) in [5.74, 6) is -0.559. The number of aromatic nitrogens is 4. The van der Waals surface area contributed by atoms with E-state index in [1.165, 1.54) is 23.0 Å². The van der Waals surface area contributed by atoms with Crippen molar-refractivity contribution in [2.45, 2.75) is 61.8 Å². The van der Waals surface area contributed by atoms with Crippen LogP contribution in [0.25, 0.3) is 11.2 Å². The molecular weight excluding hydrogens is 491 g/mol. The summed E-state index contributed by atoms with van der Waals surface area (Å²) in [7, 11) is -3.52. The monoisotopic (exact) mass is 518 g/mol. The Labute approximate surface area is 206 Å². The summed E-state index contributed by atoms with van der Waals surface area (Å²) < 4.78 is 46.4. The maximum Gasteiger partial charge on any atom is 0.410 e. The Kier molecular flexibility index (Phi) is 6.18. The average Bonchev–Trinajstić information content (AvgIpc) is 3.63. The fourth-order valence-electron chi connectivity index (χ4n) is 4.43. The molecule has 192 valence electrons. The molecule has 1 aliphatic carbocycles. The van der Waals surface area contributed by atoms with Crippen LogP contribution >= 0.6 is 0 Å². The Balaban J connectivity index is 1.37. The lowest BCUT2D eigenvalue weighted by molar-refractivity contribution is 0.0661. The first-order valence-electron chi connectivity index (χ1n) is 11.9. The van der Waals surface area contributed by atoms with Crippen molar-refractivity contribution in [3.05, 3.63) is 40.8 Å². The van der Waals surface area contributed by atoms with Crippen LogP contribution in [0, 0.1) is 5.82 Å². The molecule has 1 amide bonds. The number of ether oxygens (including phenoxy) is 1. The molecule has 2 aliphatic rings. The number of carbonyl (C=O) groups is 1. The van der Waals surface area contributed by atoms with Crippen LogP contribution in [-0.2, 0) is 14.6 Å². The van der Waals surface area contributed by atoms with Gasteiger partial charge in [-0.05, 0) is 57.7 Å². The van der Waals surface area contributed by atoms with Crippen LogP contribution < -0.4 is 11.0 Å². The van der Waals surface area contributed by atoms with Gasteiger partial charge in [-0.2, -0.15) is 0 Å². The Hall–Kier alpha value is -3.48. The number of halogens is 1. The summed E-state index contributed by atoms with van der Waals surface area (Å²) in [6.45, 7) is 4.45. The number of anilines is 2. The highest BCUT2D eigenvalue weighted by Crippen LogP contribution is 2.35. The van der Waals surface area contributed by atoms with Crippen molar-refractivity contribution < 1.29 is 22.3 Å². The number of fused-ring (bicyclic) bond motifs is 1. The molecule has 1 aliphatic heterocycles. The predicted molar refractivity (Wildman–Crippen MR) is 130 cm³/mol. The number of rotatable bonds is 6. The maximum absolute atomic E-state index is 14.8. The summed E-state index contributed by atoms with van der Waals surface area (Å²) in [5, 5.41) is 2.41. The molecular formula is C23H27FN6O5S. The van der Waals surface area contributed by atoms with Gasteiger partial charge < -0.3 is 19.9 Å². The minimum absolute atomic E-state index is 0.0234. The zero-order chi connectivity index (χ0) is 25.6. The molecule has 2 fully saturated rings. The highest BCUT2D eigenvalue weighted by Gasteiger charge is 2.37. The molecule has 3 aromatic rings. The molecule has 5 rings (SSSR count). The quantitative estimate of drug-likeness (QED) is 0.507. The molecule has 0 atom stereocenters. The second kappa shape index (κ2) is 9.19. The van der Waals surface area contributed by atoms with Gasteiger partial charge in [-0.25, -0.2) is 32.4 Å². The molecule has 2 aromatic heterocycles. The van der Waals surface area contributed by atoms with E-state index < -0.39 is 20.9 Å². The van der Waals surface area contributed by atoms with Crippen LogP contribution in [0.4, 0.5) is 20.7 Å². The van der Waals surface area contributed by atoms with E-state index in [0.29, 0.717) is 49.9 Å². The maximum atomic E-state index is 14.8. The number of nitrogens with zero attached hydrogens (tertiary/aromatic N) is 4. The number of H-pyrrole nitrogens is 1. The summed E-state index contributed by atoms with van der Waals surface area (Å²) in [6.07, 6.45) is 2.95. The zero-order valence-electron chi connectivity index (χ0n) is 19.9. The first-order valence-corrected chi connectivity index (χ1v) is 13.4. The molecule has 1 saturated heterocycles. The molecule has 11 nitrogen and oxygen atoms in total. The number of aromatic amines is 1. The Morgan fingerprint density at radius 2 is 1.92 bits per heavy atom. The summed E-state index contributed by atoms with van der Waals surface area (Å²) in [5.41, 5.74) is 0.297. The fourth-order valence-corrected chi connectivity index (χ4v) is 6.09. The van der Waals surface area contributed by atoms with Crippen LogP contribution in [-0.4, -0.2) is 63.4 Å². The number of hydrogen-bond acceptors (Lipinski definition) is 8. The van der Waals surface area contributed by atoms with Crippen molar-refractivity contribution in [3.63, 3.8) is 0 Å². The number of imidazole rings is 1. The van der Waals surface area contributed by atoms with Gasteiger partial charge in [0.05, 0.1) is 21.9 Å². The van der Waals surface area contributed by atoms with Crippen LogP contribution in [0.1, 0.15) is 45.6 Å². The number of likely N-dealkylation sites (tertiary alicyclic amines) is 1. The van der Waals surface area contributed by atoms with E-state index >= 15 is 0 Å². The number of carbonyl (C=O) groups excluding carboxylic acids is 1. The first kappa shape index (κ1) is 24.2. The number of amides is 1. The van der Waals surface area contributed by atoms with Crippen molar-refractivity contribution in [1.82, 2.24) is 24.4 Å². The topological polar surface area (TPSA) is 139 Å². The number of nitrogens with one attached hydrogen (secondary N) is 2. The van der Waals surface area contributed by atoms with Crippen molar-refractivity contribution in [2.75, 3.05) is 18.4 Å². The zero-order valence-corrected chi connectivity index (χ0v) is 20.7. The van der Waals surface area contributed by atoms with Gasteiger partial charge >= 0.3 is 11.8 Å². The molecule has 3 heterocycles. The number of hydrogen-bond donors (Lipinski definition) is 2. The van der Waals surface area contributed by atoms with Gasteiger partial charge in [0, 0.05) is 19.1 Å². The van der Waals surface area contributed by atoms with Gasteiger partial charge in [0.1, 0.15) is 17.7 Å². The second-order valence-corrected chi connectivity index (χ2v) is 11.6.